The van der Waals surface area contributed by atoms with Crippen LogP contribution in [0.4, 0.5) is 14.9 Å². The van der Waals surface area contributed by atoms with Gasteiger partial charge in [0.1, 0.15) is 5.82 Å². The summed E-state index contributed by atoms with van der Waals surface area (Å²) in [6.45, 7) is 4.88. The molecule has 29 heavy (non-hydrogen) atoms. The van der Waals surface area contributed by atoms with Crippen LogP contribution in [0, 0.1) is 12.7 Å². The first-order chi connectivity index (χ1) is 13.9. The van der Waals surface area contributed by atoms with Crippen LogP contribution < -0.4 is 10.6 Å². The number of benzene rings is 2. The molecule has 0 aliphatic rings. The van der Waals surface area contributed by atoms with E-state index in [2.05, 4.69) is 47.6 Å². The molecule has 0 aliphatic carbocycles. The molecule has 0 aliphatic heterocycles. The van der Waals surface area contributed by atoms with E-state index >= 15 is 0 Å². The molecule has 5 heteroatoms. The molecule has 0 saturated heterocycles. The largest absolute Gasteiger partial charge is 0.336 e. The molecule has 0 radical (unpaired) electrons. The predicted octanol–water partition coefficient (Wildman–Crippen LogP) is 5.68. The number of carbonyl (C=O) groups excluding carboxylic acids is 1. The van der Waals surface area contributed by atoms with Gasteiger partial charge in [0.2, 0.25) is 0 Å². The summed E-state index contributed by atoms with van der Waals surface area (Å²) < 4.78 is 13.0. The highest BCUT2D eigenvalue weighted by Gasteiger charge is 2.16. The minimum atomic E-state index is -0.325. The van der Waals surface area contributed by atoms with Crippen molar-refractivity contribution in [3.63, 3.8) is 0 Å². The number of unbranched alkanes of at least 4 members (excludes halogenated alkanes) is 3. The van der Waals surface area contributed by atoms with Gasteiger partial charge in [-0.1, -0.05) is 44.4 Å². The lowest BCUT2D eigenvalue weighted by Gasteiger charge is -2.26. The fourth-order valence-electron chi connectivity index (χ4n) is 3.41. The zero-order valence-corrected chi connectivity index (χ0v) is 18.1. The number of nitrogens with one attached hydrogen (secondary N) is 2. The van der Waals surface area contributed by atoms with Crippen LogP contribution >= 0.6 is 0 Å². The van der Waals surface area contributed by atoms with Crippen LogP contribution in [-0.2, 0) is 6.42 Å². The van der Waals surface area contributed by atoms with Crippen molar-refractivity contribution in [2.45, 2.75) is 52.0 Å². The van der Waals surface area contributed by atoms with Crippen LogP contribution in [0.1, 0.15) is 55.3 Å². The standard InChI is InChI=1S/C24H34FN3O/c1-5-6-7-8-9-19-16-20(11-10-18(19)2)23(28(3)4)17-26-24(29)27-22-14-12-21(25)13-15-22/h10-16,23H,5-9,17H2,1-4H3,(H2,26,27,29). The molecule has 4 nitrogen and oxygen atoms in total. The Bertz CT molecular complexity index is 774. The Morgan fingerprint density at radius 2 is 1.79 bits per heavy atom. The Labute approximate surface area is 174 Å². The Morgan fingerprint density at radius 1 is 1.07 bits per heavy atom. The van der Waals surface area contributed by atoms with Gasteiger partial charge < -0.3 is 15.5 Å². The highest BCUT2D eigenvalue weighted by Crippen LogP contribution is 2.22. The van der Waals surface area contributed by atoms with Crippen LogP contribution in [0.5, 0.6) is 0 Å². The second-order valence-corrected chi connectivity index (χ2v) is 7.82. The lowest BCUT2D eigenvalue weighted by molar-refractivity contribution is 0.243. The van der Waals surface area contributed by atoms with Gasteiger partial charge in [-0.25, -0.2) is 9.18 Å². The summed E-state index contributed by atoms with van der Waals surface area (Å²) >= 11 is 0. The topological polar surface area (TPSA) is 44.4 Å². The first-order valence-electron chi connectivity index (χ1n) is 10.5. The molecule has 2 aromatic carbocycles. The number of hydrogen-bond acceptors (Lipinski definition) is 2. The van der Waals surface area contributed by atoms with Crippen LogP contribution in [0.3, 0.4) is 0 Å². The molecule has 2 N–H and O–H groups in total. The minimum Gasteiger partial charge on any atom is -0.336 e. The molecule has 2 rings (SSSR count). The fourth-order valence-corrected chi connectivity index (χ4v) is 3.41. The first-order valence-corrected chi connectivity index (χ1v) is 10.5. The van der Waals surface area contributed by atoms with Gasteiger partial charge in [0.05, 0.1) is 6.04 Å². The van der Waals surface area contributed by atoms with E-state index in [9.17, 15) is 9.18 Å². The maximum absolute atomic E-state index is 13.0. The Kier molecular flexibility index (Phi) is 9.13. The fraction of sp³-hybridized carbons (Fsp3) is 0.458. The third-order valence-electron chi connectivity index (χ3n) is 5.24. The quantitative estimate of drug-likeness (QED) is 0.505. The van der Waals surface area contributed by atoms with E-state index in [1.165, 1.54) is 54.5 Å². The number of carbonyl (C=O) groups is 1. The SMILES string of the molecule is CCCCCCc1cc(C(CNC(=O)Nc2ccc(F)cc2)N(C)C)ccc1C. The van der Waals surface area contributed by atoms with Crippen molar-refractivity contribution in [3.05, 3.63) is 65.0 Å². The molecule has 158 valence electrons. The van der Waals surface area contributed by atoms with Crippen molar-refractivity contribution in [2.24, 2.45) is 0 Å². The number of aryl methyl sites for hydroxylation is 2. The van der Waals surface area contributed by atoms with E-state index < -0.39 is 0 Å². The van der Waals surface area contributed by atoms with Crippen molar-refractivity contribution in [3.8, 4) is 0 Å². The van der Waals surface area contributed by atoms with E-state index in [-0.39, 0.29) is 17.9 Å². The van der Waals surface area contributed by atoms with Gasteiger partial charge in [0.25, 0.3) is 0 Å². The second-order valence-electron chi connectivity index (χ2n) is 7.82. The predicted molar refractivity (Wildman–Crippen MR) is 119 cm³/mol. The van der Waals surface area contributed by atoms with E-state index in [1.807, 2.05) is 14.1 Å². The Hall–Kier alpha value is -2.40. The van der Waals surface area contributed by atoms with Crippen LogP contribution in [-0.4, -0.2) is 31.6 Å². The van der Waals surface area contributed by atoms with E-state index in [4.69, 9.17) is 0 Å². The molecule has 0 heterocycles. The van der Waals surface area contributed by atoms with Gasteiger partial charge in [0.15, 0.2) is 0 Å². The summed E-state index contributed by atoms with van der Waals surface area (Å²) in [5, 5.41) is 5.67. The zero-order chi connectivity index (χ0) is 21.2. The number of urea groups is 1. The van der Waals surface area contributed by atoms with Crippen LogP contribution in [0.25, 0.3) is 0 Å². The summed E-state index contributed by atoms with van der Waals surface area (Å²) in [5.41, 5.74) is 4.48. The highest BCUT2D eigenvalue weighted by atomic mass is 19.1. The number of likely N-dealkylation sites (N-methyl/N-ethyl adjacent to an activating group) is 1. The third kappa shape index (κ3) is 7.50. The average molecular weight is 400 g/mol. The molecule has 0 fully saturated rings. The molecule has 1 unspecified atom stereocenters. The van der Waals surface area contributed by atoms with Gasteiger partial charge in [-0.2, -0.15) is 0 Å². The number of anilines is 1. The van der Waals surface area contributed by atoms with E-state index in [0.717, 1.165) is 6.42 Å². The number of rotatable bonds is 10. The summed E-state index contributed by atoms with van der Waals surface area (Å²) in [7, 11) is 4.04. The smallest absolute Gasteiger partial charge is 0.319 e. The van der Waals surface area contributed by atoms with Gasteiger partial charge in [-0.15, -0.1) is 0 Å². The highest BCUT2D eigenvalue weighted by molar-refractivity contribution is 5.89. The minimum absolute atomic E-state index is 0.0731. The van der Waals surface area contributed by atoms with Gasteiger partial charge >= 0.3 is 6.03 Å². The summed E-state index contributed by atoms with van der Waals surface area (Å²) in [4.78, 5) is 14.4. The van der Waals surface area contributed by atoms with Gasteiger partial charge in [-0.3, -0.25) is 0 Å². The molecule has 1 atom stereocenters. The molecule has 0 bridgehead atoms. The average Bonchev–Trinajstić information content (AvgIpc) is 2.69. The van der Waals surface area contributed by atoms with Crippen molar-refractivity contribution >= 4 is 11.7 Å². The monoisotopic (exact) mass is 399 g/mol. The number of hydrogen-bond donors (Lipinski definition) is 2. The van der Waals surface area contributed by atoms with E-state index in [1.54, 1.807) is 12.1 Å². The normalized spacial score (nSPS) is 12.1. The van der Waals surface area contributed by atoms with Crippen LogP contribution in [0.15, 0.2) is 42.5 Å². The molecule has 0 spiro atoms. The first kappa shape index (κ1) is 22.9. The molecular formula is C24H34FN3O. The molecule has 0 saturated carbocycles. The van der Waals surface area contributed by atoms with Crippen molar-refractivity contribution in [1.29, 1.82) is 0 Å². The van der Waals surface area contributed by atoms with E-state index in [0.29, 0.717) is 12.2 Å². The summed E-state index contributed by atoms with van der Waals surface area (Å²) in [6, 6.07) is 12.1. The number of amides is 2. The molecule has 0 aromatic heterocycles. The Morgan fingerprint density at radius 3 is 2.45 bits per heavy atom. The Balaban J connectivity index is 1.99. The third-order valence-corrected chi connectivity index (χ3v) is 5.24. The van der Waals surface area contributed by atoms with Crippen molar-refractivity contribution < 1.29 is 9.18 Å². The molecule has 2 amide bonds. The molecular weight excluding hydrogens is 365 g/mol. The second kappa shape index (κ2) is 11.6. The van der Waals surface area contributed by atoms with Crippen molar-refractivity contribution in [2.75, 3.05) is 26.0 Å². The maximum Gasteiger partial charge on any atom is 0.319 e. The van der Waals surface area contributed by atoms with Crippen LogP contribution in [0.2, 0.25) is 0 Å². The summed E-state index contributed by atoms with van der Waals surface area (Å²) in [6.07, 6.45) is 6.10. The zero-order valence-electron chi connectivity index (χ0n) is 18.1. The summed E-state index contributed by atoms with van der Waals surface area (Å²) in [5.74, 6) is -0.325. The lowest BCUT2D eigenvalue weighted by Crippen LogP contribution is -2.37. The number of halogens is 1. The number of nitrogens with zero attached hydrogens (tertiary/aromatic N) is 1. The van der Waals surface area contributed by atoms with Gasteiger partial charge in [-0.05, 0) is 74.8 Å². The van der Waals surface area contributed by atoms with Gasteiger partial charge in [0, 0.05) is 12.2 Å². The molecule has 2 aromatic rings. The maximum atomic E-state index is 13.0. The van der Waals surface area contributed by atoms with Crippen molar-refractivity contribution in [1.82, 2.24) is 10.2 Å². The lowest BCUT2D eigenvalue weighted by atomic mass is 9.96.